The number of hydrogen-bond donors (Lipinski definition) is 2. The van der Waals surface area contributed by atoms with Crippen LogP contribution in [-0.2, 0) is 0 Å². The number of phenolic OH excluding ortho intramolecular Hbond substituents is 2. The Balaban J connectivity index is 2.49. The smallest absolute Gasteiger partial charge is 0.151 e. The Morgan fingerprint density at radius 3 is 2.40 bits per heavy atom. The van der Waals surface area contributed by atoms with Gasteiger partial charge in [0.25, 0.3) is 0 Å². The second-order valence-corrected chi connectivity index (χ2v) is 3.33. The Morgan fingerprint density at radius 1 is 1.00 bits per heavy atom. The zero-order valence-corrected chi connectivity index (χ0v) is 8.31. The highest BCUT2D eigenvalue weighted by Crippen LogP contribution is 2.30. The topological polar surface area (TPSA) is 66.2 Å². The lowest BCUT2D eigenvalue weighted by atomic mass is 10.1. The molecule has 0 spiro atoms. The van der Waals surface area contributed by atoms with Crippen molar-refractivity contribution in [2.45, 2.75) is 0 Å². The summed E-state index contributed by atoms with van der Waals surface area (Å²) in [5.74, 6) is -0.0511. The average molecular weight is 223 g/mol. The number of hydrogen-bond acceptors (Lipinski definition) is 4. The van der Waals surface area contributed by atoms with Crippen molar-refractivity contribution in [1.29, 1.82) is 0 Å². The molecule has 1 aromatic carbocycles. The van der Waals surface area contributed by atoms with Crippen molar-refractivity contribution >= 4 is 11.6 Å². The SMILES string of the molecule is Oc1ccc(-c2ccc(Cl)nn2)c(O)c1. The van der Waals surface area contributed by atoms with Crippen LogP contribution in [0.25, 0.3) is 11.3 Å². The van der Waals surface area contributed by atoms with E-state index in [1.165, 1.54) is 12.1 Å². The molecule has 0 radical (unpaired) electrons. The zero-order valence-electron chi connectivity index (χ0n) is 7.55. The Kier molecular flexibility index (Phi) is 2.43. The Labute approximate surface area is 90.8 Å². The van der Waals surface area contributed by atoms with Gasteiger partial charge in [-0.3, -0.25) is 0 Å². The summed E-state index contributed by atoms with van der Waals surface area (Å²) in [6.45, 7) is 0. The van der Waals surface area contributed by atoms with Crippen LogP contribution in [0.5, 0.6) is 11.5 Å². The van der Waals surface area contributed by atoms with E-state index in [0.29, 0.717) is 11.3 Å². The zero-order chi connectivity index (χ0) is 10.8. The minimum atomic E-state index is -0.0494. The first-order valence-corrected chi connectivity index (χ1v) is 4.56. The lowest BCUT2D eigenvalue weighted by Crippen LogP contribution is -1.87. The van der Waals surface area contributed by atoms with Crippen LogP contribution in [0.2, 0.25) is 5.15 Å². The molecule has 0 fully saturated rings. The van der Waals surface area contributed by atoms with Gasteiger partial charge >= 0.3 is 0 Å². The van der Waals surface area contributed by atoms with Crippen molar-refractivity contribution in [1.82, 2.24) is 10.2 Å². The van der Waals surface area contributed by atoms with Crippen molar-refractivity contribution in [2.75, 3.05) is 0 Å². The van der Waals surface area contributed by atoms with Gasteiger partial charge in [-0.05, 0) is 24.3 Å². The van der Waals surface area contributed by atoms with Gasteiger partial charge in [0.2, 0.25) is 0 Å². The molecule has 0 aliphatic heterocycles. The third kappa shape index (κ3) is 1.99. The van der Waals surface area contributed by atoms with Gasteiger partial charge in [-0.2, -0.15) is 0 Å². The van der Waals surface area contributed by atoms with Crippen LogP contribution in [0.15, 0.2) is 30.3 Å². The van der Waals surface area contributed by atoms with E-state index in [4.69, 9.17) is 16.7 Å². The summed E-state index contributed by atoms with van der Waals surface area (Å²) >= 11 is 5.59. The highest BCUT2D eigenvalue weighted by Gasteiger charge is 2.06. The molecule has 0 amide bonds. The fraction of sp³-hybridized carbons (Fsp3) is 0. The van der Waals surface area contributed by atoms with Gasteiger partial charge in [0.15, 0.2) is 5.15 Å². The second-order valence-electron chi connectivity index (χ2n) is 2.94. The third-order valence-electron chi connectivity index (χ3n) is 1.89. The lowest BCUT2D eigenvalue weighted by Gasteiger charge is -2.03. The molecule has 0 saturated heterocycles. The minimum Gasteiger partial charge on any atom is -0.508 e. The number of halogens is 1. The molecular formula is C10H7ClN2O2. The number of aromatic nitrogens is 2. The van der Waals surface area contributed by atoms with Gasteiger partial charge in [0, 0.05) is 11.6 Å². The summed E-state index contributed by atoms with van der Waals surface area (Å²) in [4.78, 5) is 0. The van der Waals surface area contributed by atoms with Crippen molar-refractivity contribution < 1.29 is 10.2 Å². The first-order valence-electron chi connectivity index (χ1n) is 4.18. The molecule has 2 N–H and O–H groups in total. The summed E-state index contributed by atoms with van der Waals surface area (Å²) in [7, 11) is 0. The van der Waals surface area contributed by atoms with Crippen LogP contribution in [0.1, 0.15) is 0 Å². The molecule has 0 bridgehead atoms. The van der Waals surface area contributed by atoms with Gasteiger partial charge in [-0.1, -0.05) is 11.6 Å². The molecule has 0 saturated carbocycles. The van der Waals surface area contributed by atoms with Crippen LogP contribution < -0.4 is 0 Å². The maximum atomic E-state index is 9.55. The average Bonchev–Trinajstić information content (AvgIpc) is 2.20. The van der Waals surface area contributed by atoms with E-state index < -0.39 is 0 Å². The van der Waals surface area contributed by atoms with Crippen LogP contribution in [0, 0.1) is 0 Å². The fourth-order valence-electron chi connectivity index (χ4n) is 1.20. The van der Waals surface area contributed by atoms with Crippen molar-refractivity contribution in [3.8, 4) is 22.8 Å². The van der Waals surface area contributed by atoms with Crippen molar-refractivity contribution in [2.24, 2.45) is 0 Å². The normalized spacial score (nSPS) is 10.2. The quantitative estimate of drug-likeness (QED) is 0.776. The first-order chi connectivity index (χ1) is 7.16. The fourth-order valence-corrected chi connectivity index (χ4v) is 1.30. The molecule has 76 valence electrons. The highest BCUT2D eigenvalue weighted by atomic mass is 35.5. The molecule has 1 aromatic heterocycles. The van der Waals surface area contributed by atoms with Gasteiger partial charge in [0.05, 0.1) is 5.69 Å². The van der Waals surface area contributed by atoms with Crippen LogP contribution in [0.3, 0.4) is 0 Å². The predicted octanol–water partition coefficient (Wildman–Crippen LogP) is 2.21. The standard InChI is InChI=1S/C10H7ClN2O2/c11-10-4-3-8(12-13-10)7-2-1-6(14)5-9(7)15/h1-5,14-15H. The molecule has 5 heteroatoms. The highest BCUT2D eigenvalue weighted by molar-refractivity contribution is 6.29. The number of nitrogens with zero attached hydrogens (tertiary/aromatic N) is 2. The first kappa shape index (κ1) is 9.73. The molecule has 0 aliphatic carbocycles. The molecule has 1 heterocycles. The maximum absolute atomic E-state index is 9.55. The molecule has 0 atom stereocenters. The molecular weight excluding hydrogens is 216 g/mol. The number of rotatable bonds is 1. The van der Waals surface area contributed by atoms with Crippen LogP contribution in [0.4, 0.5) is 0 Å². The lowest BCUT2D eigenvalue weighted by molar-refractivity contribution is 0.451. The minimum absolute atomic E-state index is 0.00169. The molecule has 2 rings (SSSR count). The largest absolute Gasteiger partial charge is 0.508 e. The van der Waals surface area contributed by atoms with Crippen molar-refractivity contribution in [3.63, 3.8) is 0 Å². The van der Waals surface area contributed by atoms with Gasteiger partial charge in [0.1, 0.15) is 11.5 Å². The van der Waals surface area contributed by atoms with Gasteiger partial charge < -0.3 is 10.2 Å². The summed E-state index contributed by atoms with van der Waals surface area (Å²) in [6, 6.07) is 7.48. The Bertz CT molecular complexity index is 485. The molecule has 2 aromatic rings. The van der Waals surface area contributed by atoms with E-state index in [-0.39, 0.29) is 16.7 Å². The van der Waals surface area contributed by atoms with Gasteiger partial charge in [-0.25, -0.2) is 0 Å². The Hall–Kier alpha value is -1.81. The van der Waals surface area contributed by atoms with E-state index in [0.717, 1.165) is 0 Å². The van der Waals surface area contributed by atoms with Gasteiger partial charge in [-0.15, -0.1) is 10.2 Å². The monoisotopic (exact) mass is 222 g/mol. The van der Waals surface area contributed by atoms with E-state index in [2.05, 4.69) is 10.2 Å². The number of benzene rings is 1. The summed E-state index contributed by atoms with van der Waals surface area (Å²) in [5.41, 5.74) is 0.994. The predicted molar refractivity (Wildman–Crippen MR) is 55.8 cm³/mol. The molecule has 0 aliphatic rings. The van der Waals surface area contributed by atoms with Crippen molar-refractivity contribution in [3.05, 3.63) is 35.5 Å². The molecule has 15 heavy (non-hydrogen) atoms. The number of phenols is 2. The maximum Gasteiger partial charge on any atom is 0.151 e. The van der Waals surface area contributed by atoms with E-state index in [1.54, 1.807) is 18.2 Å². The summed E-state index contributed by atoms with van der Waals surface area (Å²) in [5, 5.41) is 26.4. The van der Waals surface area contributed by atoms with E-state index in [1.807, 2.05) is 0 Å². The summed E-state index contributed by atoms with van der Waals surface area (Å²) in [6.07, 6.45) is 0. The second kappa shape index (κ2) is 3.74. The van der Waals surface area contributed by atoms with Crippen LogP contribution in [-0.4, -0.2) is 20.4 Å². The third-order valence-corrected chi connectivity index (χ3v) is 2.09. The van der Waals surface area contributed by atoms with Crippen LogP contribution >= 0.6 is 11.6 Å². The number of aromatic hydroxyl groups is 2. The molecule has 0 unspecified atom stereocenters. The van der Waals surface area contributed by atoms with E-state index >= 15 is 0 Å². The summed E-state index contributed by atoms with van der Waals surface area (Å²) < 4.78 is 0. The Morgan fingerprint density at radius 2 is 1.80 bits per heavy atom. The van der Waals surface area contributed by atoms with E-state index in [9.17, 15) is 5.11 Å². The molecule has 4 nitrogen and oxygen atoms in total.